The largest absolute Gasteiger partial charge is 0.0720 e. The predicted molar refractivity (Wildman–Crippen MR) is 245 cm³/mol. The van der Waals surface area contributed by atoms with Crippen molar-refractivity contribution in [3.05, 3.63) is 240 Å². The second kappa shape index (κ2) is 12.2. The van der Waals surface area contributed by atoms with Gasteiger partial charge in [0.2, 0.25) is 0 Å². The highest BCUT2D eigenvalue weighted by atomic mass is 14.5. The first-order valence-electron chi connectivity index (χ1n) is 20.5. The molecule has 2 aliphatic carbocycles. The van der Waals surface area contributed by atoms with Crippen molar-refractivity contribution in [3.8, 4) is 44.5 Å². The van der Waals surface area contributed by atoms with Gasteiger partial charge in [0.05, 0.1) is 5.41 Å². The van der Waals surface area contributed by atoms with E-state index in [1.54, 1.807) is 0 Å². The Morgan fingerprint density at radius 1 is 0.276 bits per heavy atom. The molecule has 0 radical (unpaired) electrons. The van der Waals surface area contributed by atoms with Gasteiger partial charge >= 0.3 is 0 Å². The number of rotatable bonds is 3. The van der Waals surface area contributed by atoms with Crippen LogP contribution >= 0.6 is 0 Å². The molecule has 58 heavy (non-hydrogen) atoms. The molecule has 0 fully saturated rings. The Labute approximate surface area is 339 Å². The minimum absolute atomic E-state index is 0.180. The van der Waals surface area contributed by atoms with Crippen molar-refractivity contribution in [3.63, 3.8) is 0 Å². The predicted octanol–water partition coefficient (Wildman–Crippen LogP) is 15.1. The first-order chi connectivity index (χ1) is 28.5. The van der Waals surface area contributed by atoms with Crippen LogP contribution in [0.25, 0.3) is 76.8 Å². The topological polar surface area (TPSA) is 0 Å². The number of hydrogen-bond acceptors (Lipinski definition) is 0. The molecular formula is C58H40. The molecular weight excluding hydrogens is 697 g/mol. The first kappa shape index (κ1) is 33.2. The number of fused-ring (bicyclic) bond motifs is 13. The summed E-state index contributed by atoms with van der Waals surface area (Å²) in [5.41, 5.74) is 17.7. The van der Waals surface area contributed by atoms with Crippen LogP contribution in [0, 0.1) is 0 Å². The van der Waals surface area contributed by atoms with Crippen LogP contribution < -0.4 is 0 Å². The summed E-state index contributed by atoms with van der Waals surface area (Å²) in [5.74, 6) is 0. The molecule has 0 saturated heterocycles. The van der Waals surface area contributed by atoms with Gasteiger partial charge in [-0.3, -0.25) is 0 Å². The molecule has 0 saturated carbocycles. The fourth-order valence-electron chi connectivity index (χ4n) is 10.9. The van der Waals surface area contributed by atoms with Gasteiger partial charge < -0.3 is 0 Å². The minimum atomic E-state index is -0.543. The van der Waals surface area contributed by atoms with Crippen LogP contribution in [0.4, 0.5) is 0 Å². The molecule has 10 aromatic rings. The maximum Gasteiger partial charge on any atom is 0.0720 e. The van der Waals surface area contributed by atoms with Crippen LogP contribution in [0.3, 0.4) is 0 Å². The van der Waals surface area contributed by atoms with Crippen molar-refractivity contribution < 1.29 is 0 Å². The average Bonchev–Trinajstić information content (AvgIpc) is 3.58. The lowest BCUT2D eigenvalue weighted by atomic mass is 9.55. The summed E-state index contributed by atoms with van der Waals surface area (Å²) in [4.78, 5) is 0. The zero-order valence-corrected chi connectivity index (χ0v) is 32.6. The van der Waals surface area contributed by atoms with Crippen molar-refractivity contribution >= 4 is 32.3 Å². The highest BCUT2D eigenvalue weighted by Gasteiger charge is 2.54. The Bertz CT molecular complexity index is 3260. The lowest BCUT2D eigenvalue weighted by Gasteiger charge is -2.46. The maximum atomic E-state index is 2.59. The van der Waals surface area contributed by atoms with E-state index in [0.717, 1.165) is 0 Å². The van der Waals surface area contributed by atoms with Gasteiger partial charge in [-0.05, 0) is 128 Å². The van der Waals surface area contributed by atoms with E-state index >= 15 is 0 Å². The Hall–Kier alpha value is -7.02. The van der Waals surface area contributed by atoms with Gasteiger partial charge in [0.1, 0.15) is 0 Å². The van der Waals surface area contributed by atoms with Crippen molar-refractivity contribution in [1.82, 2.24) is 0 Å². The third-order valence-corrected chi connectivity index (χ3v) is 13.5. The second-order valence-electron chi connectivity index (χ2n) is 16.8. The highest BCUT2D eigenvalue weighted by molar-refractivity contribution is 6.15. The Morgan fingerprint density at radius 2 is 0.776 bits per heavy atom. The van der Waals surface area contributed by atoms with Crippen LogP contribution in [0.2, 0.25) is 0 Å². The third kappa shape index (κ3) is 4.46. The Kier molecular flexibility index (Phi) is 7.00. The van der Waals surface area contributed by atoms with Crippen molar-refractivity contribution in [1.29, 1.82) is 0 Å². The lowest BCUT2D eigenvalue weighted by molar-refractivity contribution is 0.563. The van der Waals surface area contributed by atoms with Crippen LogP contribution in [-0.2, 0) is 10.8 Å². The summed E-state index contributed by atoms with van der Waals surface area (Å²) < 4.78 is 0. The zero-order chi connectivity index (χ0) is 38.6. The van der Waals surface area contributed by atoms with Crippen LogP contribution in [0.15, 0.2) is 206 Å². The lowest BCUT2D eigenvalue weighted by Crippen LogP contribution is -2.40. The zero-order valence-electron chi connectivity index (χ0n) is 32.6. The second-order valence-corrected chi connectivity index (χ2v) is 16.8. The summed E-state index contributed by atoms with van der Waals surface area (Å²) >= 11 is 0. The fourth-order valence-corrected chi connectivity index (χ4v) is 10.9. The summed E-state index contributed by atoms with van der Waals surface area (Å²) in [6.07, 6.45) is 0. The van der Waals surface area contributed by atoms with E-state index in [0.29, 0.717) is 0 Å². The molecule has 0 amide bonds. The van der Waals surface area contributed by atoms with E-state index in [-0.39, 0.29) is 5.41 Å². The molecule has 0 aliphatic heterocycles. The number of benzene rings is 10. The molecule has 0 bridgehead atoms. The van der Waals surface area contributed by atoms with E-state index in [1.165, 1.54) is 110 Å². The quantitative estimate of drug-likeness (QED) is 0.169. The molecule has 0 heterocycles. The summed E-state index contributed by atoms with van der Waals surface area (Å²) in [6, 6.07) is 77.7. The summed E-state index contributed by atoms with van der Waals surface area (Å²) in [5, 5.41) is 7.62. The third-order valence-electron chi connectivity index (χ3n) is 13.5. The van der Waals surface area contributed by atoms with Crippen LogP contribution in [-0.4, -0.2) is 0 Å². The molecule has 0 atom stereocenters. The van der Waals surface area contributed by atoms with E-state index in [9.17, 15) is 0 Å². The van der Waals surface area contributed by atoms with Crippen LogP contribution in [0.1, 0.15) is 47.2 Å². The van der Waals surface area contributed by atoms with Crippen molar-refractivity contribution in [2.75, 3.05) is 0 Å². The van der Waals surface area contributed by atoms with Gasteiger partial charge in [0.15, 0.2) is 0 Å². The van der Waals surface area contributed by atoms with Gasteiger partial charge in [0, 0.05) is 5.41 Å². The Balaban J connectivity index is 1.22. The fraction of sp³-hybridized carbons (Fsp3) is 0.0690. The molecule has 0 N–H and O–H groups in total. The standard InChI is InChI=1S/C58H40/c1-57(2)50-24-12-14-26-52(50)58(53-27-15-13-25-51(53)57)54-35-41(40-29-28-37-16-6-7-19-39(37)34-40)30-31-48(54)56-47-23-11-10-22-45(47)49(36-55(56)58)46-33-32-42(38-17-4-3-5-18-38)43-20-8-9-21-44(43)46/h3-36H,1-2H3. The summed E-state index contributed by atoms with van der Waals surface area (Å²) in [6.45, 7) is 4.82. The molecule has 0 unspecified atom stereocenters. The highest BCUT2D eigenvalue weighted by Crippen LogP contribution is 2.64. The first-order valence-corrected chi connectivity index (χ1v) is 20.5. The van der Waals surface area contributed by atoms with Gasteiger partial charge in [-0.15, -0.1) is 0 Å². The smallest absolute Gasteiger partial charge is 0.0622 e. The SMILES string of the molecule is CC1(C)c2ccccc2C2(c3cc(-c4ccc5ccccc5c4)ccc3-c3c2cc(-c2ccc(-c4ccccc4)c4ccccc24)c2ccccc32)c2ccccc21. The monoisotopic (exact) mass is 736 g/mol. The molecule has 1 spiro atoms. The van der Waals surface area contributed by atoms with Crippen molar-refractivity contribution in [2.45, 2.75) is 24.7 Å². The Morgan fingerprint density at radius 3 is 1.48 bits per heavy atom. The average molecular weight is 737 g/mol. The normalized spacial score (nSPS) is 14.3. The minimum Gasteiger partial charge on any atom is -0.0622 e. The molecule has 12 rings (SSSR count). The molecule has 0 heteroatoms. The molecule has 10 aromatic carbocycles. The molecule has 0 nitrogen and oxygen atoms in total. The van der Waals surface area contributed by atoms with E-state index in [4.69, 9.17) is 0 Å². The van der Waals surface area contributed by atoms with E-state index in [1.807, 2.05) is 0 Å². The van der Waals surface area contributed by atoms with Gasteiger partial charge in [0.25, 0.3) is 0 Å². The van der Waals surface area contributed by atoms with E-state index < -0.39 is 5.41 Å². The molecule has 2 aliphatic rings. The van der Waals surface area contributed by atoms with Crippen LogP contribution in [0.5, 0.6) is 0 Å². The molecule has 0 aromatic heterocycles. The molecule has 272 valence electrons. The van der Waals surface area contributed by atoms with Gasteiger partial charge in [-0.1, -0.05) is 202 Å². The maximum absolute atomic E-state index is 2.59. The van der Waals surface area contributed by atoms with E-state index in [2.05, 4.69) is 220 Å². The number of hydrogen-bond donors (Lipinski definition) is 0. The summed E-state index contributed by atoms with van der Waals surface area (Å²) in [7, 11) is 0. The van der Waals surface area contributed by atoms with Gasteiger partial charge in [-0.25, -0.2) is 0 Å². The van der Waals surface area contributed by atoms with Gasteiger partial charge in [-0.2, -0.15) is 0 Å². The van der Waals surface area contributed by atoms with Crippen molar-refractivity contribution in [2.24, 2.45) is 0 Å².